The fraction of sp³-hybridized carbons (Fsp3) is 0.682. The van der Waals surface area contributed by atoms with Gasteiger partial charge >= 0.3 is 0 Å². The van der Waals surface area contributed by atoms with Crippen LogP contribution in [0, 0.1) is 0 Å². The first-order chi connectivity index (χ1) is 15.3. The SMILES string of the molecule is CCC(C)N(C(=O)CSc1nc2sc3c(c2c(=O)n1CC)CCCC3)C1CCS(=O)(=O)C1. The van der Waals surface area contributed by atoms with Crippen LogP contribution in [0.25, 0.3) is 10.2 Å². The summed E-state index contributed by atoms with van der Waals surface area (Å²) in [5.41, 5.74) is 1.17. The van der Waals surface area contributed by atoms with Gasteiger partial charge in [0.1, 0.15) is 4.83 Å². The molecule has 1 fully saturated rings. The zero-order valence-corrected chi connectivity index (χ0v) is 21.4. The largest absolute Gasteiger partial charge is 0.335 e. The molecule has 1 saturated heterocycles. The van der Waals surface area contributed by atoms with Gasteiger partial charge in [0.2, 0.25) is 5.91 Å². The average Bonchev–Trinajstić information content (AvgIpc) is 3.31. The summed E-state index contributed by atoms with van der Waals surface area (Å²) >= 11 is 2.90. The monoisotopic (exact) mass is 497 g/mol. The van der Waals surface area contributed by atoms with Gasteiger partial charge in [-0.05, 0) is 57.9 Å². The van der Waals surface area contributed by atoms with Crippen molar-refractivity contribution in [1.29, 1.82) is 0 Å². The number of nitrogens with zero attached hydrogens (tertiary/aromatic N) is 3. The van der Waals surface area contributed by atoms with Gasteiger partial charge in [-0.25, -0.2) is 13.4 Å². The Morgan fingerprint density at radius 1 is 1.31 bits per heavy atom. The summed E-state index contributed by atoms with van der Waals surface area (Å²) < 4.78 is 25.7. The quantitative estimate of drug-likeness (QED) is 0.431. The molecule has 2 atom stereocenters. The minimum atomic E-state index is -3.08. The predicted molar refractivity (Wildman–Crippen MR) is 131 cm³/mol. The smallest absolute Gasteiger partial charge is 0.263 e. The molecule has 1 aliphatic heterocycles. The Hall–Kier alpha value is -1.39. The summed E-state index contributed by atoms with van der Waals surface area (Å²) in [4.78, 5) is 35.1. The Kier molecular flexibility index (Phi) is 7.03. The first-order valence-electron chi connectivity index (χ1n) is 11.4. The third-order valence-corrected chi connectivity index (χ3v) is 10.5. The zero-order chi connectivity index (χ0) is 23.0. The van der Waals surface area contributed by atoms with E-state index in [1.807, 2.05) is 20.8 Å². The number of rotatable bonds is 7. The lowest BCUT2D eigenvalue weighted by atomic mass is 9.97. The Morgan fingerprint density at radius 3 is 2.72 bits per heavy atom. The molecule has 0 bridgehead atoms. The molecule has 2 aliphatic rings. The van der Waals surface area contributed by atoms with E-state index in [0.717, 1.165) is 42.3 Å². The highest BCUT2D eigenvalue weighted by Gasteiger charge is 2.36. The van der Waals surface area contributed by atoms with Crippen molar-refractivity contribution in [3.05, 3.63) is 20.8 Å². The van der Waals surface area contributed by atoms with E-state index >= 15 is 0 Å². The second kappa shape index (κ2) is 9.46. The molecule has 0 spiro atoms. The topological polar surface area (TPSA) is 89.3 Å². The number of thiophene rings is 1. The van der Waals surface area contributed by atoms with Crippen molar-refractivity contribution in [3.8, 4) is 0 Å². The number of hydrogen-bond donors (Lipinski definition) is 0. The summed E-state index contributed by atoms with van der Waals surface area (Å²) in [6.45, 7) is 6.40. The van der Waals surface area contributed by atoms with Crippen molar-refractivity contribution < 1.29 is 13.2 Å². The van der Waals surface area contributed by atoms with Crippen LogP contribution in [0.1, 0.15) is 56.9 Å². The summed E-state index contributed by atoms with van der Waals surface area (Å²) in [6, 6.07) is -0.301. The molecule has 1 aliphatic carbocycles. The van der Waals surface area contributed by atoms with Gasteiger partial charge in [-0.1, -0.05) is 18.7 Å². The van der Waals surface area contributed by atoms with Crippen molar-refractivity contribution in [3.63, 3.8) is 0 Å². The molecule has 0 radical (unpaired) electrons. The average molecular weight is 498 g/mol. The van der Waals surface area contributed by atoms with Crippen molar-refractivity contribution in [1.82, 2.24) is 14.5 Å². The fourth-order valence-corrected chi connectivity index (χ4v) is 8.76. The van der Waals surface area contributed by atoms with Crippen molar-refractivity contribution >= 4 is 49.1 Å². The summed E-state index contributed by atoms with van der Waals surface area (Å²) in [7, 11) is -3.08. The van der Waals surface area contributed by atoms with Crippen molar-refractivity contribution in [2.24, 2.45) is 0 Å². The van der Waals surface area contributed by atoms with Gasteiger partial charge in [0.05, 0.1) is 22.6 Å². The number of aryl methyl sites for hydroxylation is 2. The Balaban J connectivity index is 1.60. The highest BCUT2D eigenvalue weighted by atomic mass is 32.2. The Labute approximate surface area is 197 Å². The highest BCUT2D eigenvalue weighted by molar-refractivity contribution is 7.99. The number of sulfone groups is 1. The molecule has 0 N–H and O–H groups in total. The molecule has 7 nitrogen and oxygen atoms in total. The number of carbonyl (C=O) groups excluding carboxylic acids is 1. The van der Waals surface area contributed by atoms with Crippen LogP contribution in [0.5, 0.6) is 0 Å². The second-order valence-corrected chi connectivity index (χ2v) is 13.0. The molecule has 10 heteroatoms. The van der Waals surface area contributed by atoms with E-state index in [1.165, 1.54) is 22.2 Å². The van der Waals surface area contributed by atoms with E-state index in [9.17, 15) is 18.0 Å². The molecule has 2 unspecified atom stereocenters. The van der Waals surface area contributed by atoms with Crippen molar-refractivity contribution in [2.45, 2.75) is 83.1 Å². The summed E-state index contributed by atoms with van der Waals surface area (Å²) in [5, 5.41) is 1.33. The van der Waals surface area contributed by atoms with E-state index in [-0.39, 0.29) is 40.8 Å². The standard InChI is InChI=1S/C22H31N3O4S3/c1-4-14(3)25(15-10-11-32(28,29)13-15)18(26)12-30-22-23-20-19(21(27)24(22)5-2)16-8-6-7-9-17(16)31-20/h14-15H,4-13H2,1-3H3. The van der Waals surface area contributed by atoms with Gasteiger partial charge in [-0.2, -0.15) is 0 Å². The number of amides is 1. The van der Waals surface area contributed by atoms with Gasteiger partial charge in [-0.15, -0.1) is 11.3 Å². The van der Waals surface area contributed by atoms with Crippen molar-refractivity contribution in [2.75, 3.05) is 17.3 Å². The predicted octanol–water partition coefficient (Wildman–Crippen LogP) is 3.26. The van der Waals surface area contributed by atoms with Gasteiger partial charge in [0, 0.05) is 23.5 Å². The van der Waals surface area contributed by atoms with Gasteiger partial charge in [0.15, 0.2) is 15.0 Å². The number of thioether (sulfide) groups is 1. The van der Waals surface area contributed by atoms with E-state index in [0.29, 0.717) is 18.1 Å². The number of hydrogen-bond acceptors (Lipinski definition) is 7. The highest BCUT2D eigenvalue weighted by Crippen LogP contribution is 2.35. The van der Waals surface area contributed by atoms with Crippen LogP contribution < -0.4 is 5.56 Å². The van der Waals surface area contributed by atoms with E-state index in [1.54, 1.807) is 20.8 Å². The molecule has 32 heavy (non-hydrogen) atoms. The molecule has 3 heterocycles. The summed E-state index contributed by atoms with van der Waals surface area (Å²) in [5.74, 6) is 0.234. The van der Waals surface area contributed by atoms with Crippen LogP contribution >= 0.6 is 23.1 Å². The lowest BCUT2D eigenvalue weighted by Gasteiger charge is -2.33. The van der Waals surface area contributed by atoms with Gasteiger partial charge in [-0.3, -0.25) is 14.2 Å². The minimum absolute atomic E-state index is 0.00693. The maximum atomic E-state index is 13.3. The molecular formula is C22H31N3O4S3. The van der Waals surface area contributed by atoms with Gasteiger partial charge < -0.3 is 4.90 Å². The third kappa shape index (κ3) is 4.50. The molecule has 2 aromatic rings. The lowest BCUT2D eigenvalue weighted by molar-refractivity contribution is -0.132. The first-order valence-corrected chi connectivity index (χ1v) is 15.1. The Morgan fingerprint density at radius 2 is 2.06 bits per heavy atom. The second-order valence-electron chi connectivity index (χ2n) is 8.74. The minimum Gasteiger partial charge on any atom is -0.335 e. The molecule has 176 valence electrons. The first kappa shape index (κ1) is 23.8. The number of carbonyl (C=O) groups is 1. The number of fused-ring (bicyclic) bond motifs is 3. The molecule has 4 rings (SSSR count). The van der Waals surface area contributed by atoms with E-state index in [4.69, 9.17) is 4.98 Å². The normalized spacial score (nSPS) is 20.9. The zero-order valence-electron chi connectivity index (χ0n) is 18.9. The molecular weight excluding hydrogens is 466 g/mol. The maximum Gasteiger partial charge on any atom is 0.263 e. The van der Waals surface area contributed by atoms with E-state index < -0.39 is 9.84 Å². The molecule has 2 aromatic heterocycles. The number of aromatic nitrogens is 2. The Bertz CT molecular complexity index is 1190. The summed E-state index contributed by atoms with van der Waals surface area (Å²) in [6.07, 6.45) is 5.47. The van der Waals surface area contributed by atoms with Crippen LogP contribution in [-0.4, -0.2) is 58.1 Å². The van der Waals surface area contributed by atoms with Crippen LogP contribution in [-0.2, 0) is 34.0 Å². The van der Waals surface area contributed by atoms with Crippen LogP contribution in [0.15, 0.2) is 9.95 Å². The molecule has 0 aromatic carbocycles. The molecule has 0 saturated carbocycles. The maximum absolute atomic E-state index is 13.3. The van der Waals surface area contributed by atoms with Crippen LogP contribution in [0.4, 0.5) is 0 Å². The van der Waals surface area contributed by atoms with E-state index in [2.05, 4.69) is 0 Å². The van der Waals surface area contributed by atoms with Gasteiger partial charge in [0.25, 0.3) is 5.56 Å². The van der Waals surface area contributed by atoms with Crippen LogP contribution in [0.3, 0.4) is 0 Å². The lowest BCUT2D eigenvalue weighted by Crippen LogP contribution is -2.47. The molecule has 1 amide bonds. The van der Waals surface area contributed by atoms with Crippen LogP contribution in [0.2, 0.25) is 0 Å². The third-order valence-electron chi connectivity index (χ3n) is 6.64. The fourth-order valence-electron chi connectivity index (χ4n) is 4.81.